The van der Waals surface area contributed by atoms with Gasteiger partial charge < -0.3 is 19.6 Å². The van der Waals surface area contributed by atoms with Gasteiger partial charge in [0.1, 0.15) is 11.4 Å². The molecule has 1 aromatic heterocycles. The number of nitrogens with one attached hydrogen (secondary N) is 1. The Labute approximate surface area is 180 Å². The second-order valence-corrected chi connectivity index (χ2v) is 8.37. The van der Waals surface area contributed by atoms with E-state index in [0.29, 0.717) is 45.1 Å². The zero-order valence-electron chi connectivity index (χ0n) is 17.5. The average Bonchev–Trinajstić information content (AvgIpc) is 3.38. The molecule has 0 atom stereocenters. The van der Waals surface area contributed by atoms with Gasteiger partial charge >= 0.3 is 0 Å². The van der Waals surface area contributed by atoms with E-state index in [0.717, 1.165) is 41.3 Å². The SMILES string of the molecule is Cc1cccc(/C=N/Nc2nc3c(c(N4CCOCC4)n2)CN(C(=O)C2(O)CC2)C3)c1. The fourth-order valence-corrected chi connectivity index (χ4v) is 4.01. The largest absolute Gasteiger partial charge is 0.380 e. The number of hydrazone groups is 1. The fourth-order valence-electron chi connectivity index (χ4n) is 4.01. The van der Waals surface area contributed by atoms with Crippen molar-refractivity contribution in [1.29, 1.82) is 0 Å². The number of carbonyl (C=O) groups is 1. The monoisotopic (exact) mass is 422 g/mol. The van der Waals surface area contributed by atoms with E-state index in [2.05, 4.69) is 20.4 Å². The van der Waals surface area contributed by atoms with Gasteiger partial charge in [-0.3, -0.25) is 4.79 Å². The summed E-state index contributed by atoms with van der Waals surface area (Å²) in [6, 6.07) is 8.04. The van der Waals surface area contributed by atoms with E-state index in [4.69, 9.17) is 9.72 Å². The molecule has 2 fully saturated rings. The van der Waals surface area contributed by atoms with Crippen molar-refractivity contribution in [2.75, 3.05) is 36.6 Å². The maximum Gasteiger partial charge on any atom is 0.255 e. The number of anilines is 2. The van der Waals surface area contributed by atoms with Crippen molar-refractivity contribution in [3.05, 3.63) is 46.6 Å². The van der Waals surface area contributed by atoms with Crippen molar-refractivity contribution in [2.45, 2.75) is 38.5 Å². The zero-order valence-corrected chi connectivity index (χ0v) is 17.5. The summed E-state index contributed by atoms with van der Waals surface area (Å²) in [4.78, 5) is 25.9. The topological polar surface area (TPSA) is 103 Å². The minimum absolute atomic E-state index is 0.217. The lowest BCUT2D eigenvalue weighted by Crippen LogP contribution is -2.38. The normalized spacial score (nSPS) is 19.5. The molecule has 5 rings (SSSR count). The van der Waals surface area contributed by atoms with Crippen LogP contribution < -0.4 is 10.3 Å². The number of benzene rings is 1. The van der Waals surface area contributed by atoms with Gasteiger partial charge in [0, 0.05) is 18.7 Å². The van der Waals surface area contributed by atoms with Crippen LogP contribution in [0.4, 0.5) is 11.8 Å². The predicted molar refractivity (Wildman–Crippen MR) is 116 cm³/mol. The smallest absolute Gasteiger partial charge is 0.255 e. The maximum absolute atomic E-state index is 12.7. The van der Waals surface area contributed by atoms with Crippen LogP contribution in [0.1, 0.15) is 35.2 Å². The van der Waals surface area contributed by atoms with Gasteiger partial charge in [-0.2, -0.15) is 10.1 Å². The van der Waals surface area contributed by atoms with Crippen molar-refractivity contribution < 1.29 is 14.6 Å². The van der Waals surface area contributed by atoms with Gasteiger partial charge in [-0.1, -0.05) is 29.8 Å². The maximum atomic E-state index is 12.7. The number of hydrogen-bond donors (Lipinski definition) is 2. The first-order chi connectivity index (χ1) is 15.0. The number of carbonyl (C=O) groups excluding carboxylic acids is 1. The van der Waals surface area contributed by atoms with E-state index in [1.165, 1.54) is 0 Å². The molecule has 1 saturated heterocycles. The van der Waals surface area contributed by atoms with Crippen LogP contribution in [0.25, 0.3) is 0 Å². The molecule has 0 bridgehead atoms. The van der Waals surface area contributed by atoms with Crippen LogP contribution in [0.3, 0.4) is 0 Å². The number of hydrogen-bond acceptors (Lipinski definition) is 8. The highest BCUT2D eigenvalue weighted by Gasteiger charge is 2.51. The molecule has 2 aromatic rings. The van der Waals surface area contributed by atoms with Gasteiger partial charge in [-0.15, -0.1) is 0 Å². The number of amides is 1. The number of ether oxygens (including phenoxy) is 1. The summed E-state index contributed by atoms with van der Waals surface area (Å²) in [7, 11) is 0. The molecule has 31 heavy (non-hydrogen) atoms. The summed E-state index contributed by atoms with van der Waals surface area (Å²) in [5.41, 5.74) is 5.63. The van der Waals surface area contributed by atoms with E-state index in [9.17, 15) is 9.90 Å². The van der Waals surface area contributed by atoms with Gasteiger partial charge in [0.2, 0.25) is 5.95 Å². The Balaban J connectivity index is 1.40. The molecule has 1 amide bonds. The summed E-state index contributed by atoms with van der Waals surface area (Å²) in [5, 5.41) is 14.6. The van der Waals surface area contributed by atoms with E-state index < -0.39 is 5.60 Å². The van der Waals surface area contributed by atoms with Crippen LogP contribution in [0, 0.1) is 6.92 Å². The number of morpholine rings is 1. The summed E-state index contributed by atoms with van der Waals surface area (Å²) in [6.45, 7) is 5.54. The van der Waals surface area contributed by atoms with Crippen molar-refractivity contribution >= 4 is 23.9 Å². The van der Waals surface area contributed by atoms with Crippen molar-refractivity contribution in [1.82, 2.24) is 14.9 Å². The van der Waals surface area contributed by atoms with E-state index in [-0.39, 0.29) is 5.91 Å². The highest BCUT2D eigenvalue weighted by molar-refractivity contribution is 5.88. The molecule has 0 spiro atoms. The molecule has 0 radical (unpaired) electrons. The highest BCUT2D eigenvalue weighted by atomic mass is 16.5. The third-order valence-corrected chi connectivity index (χ3v) is 5.90. The second kappa shape index (κ2) is 7.90. The number of aryl methyl sites for hydroxylation is 1. The van der Waals surface area contributed by atoms with Crippen molar-refractivity contribution in [3.63, 3.8) is 0 Å². The van der Waals surface area contributed by atoms with E-state index in [1.54, 1.807) is 11.1 Å². The highest BCUT2D eigenvalue weighted by Crippen LogP contribution is 2.40. The van der Waals surface area contributed by atoms with Crippen molar-refractivity contribution in [2.24, 2.45) is 5.10 Å². The lowest BCUT2D eigenvalue weighted by molar-refractivity contribution is -0.143. The molecule has 1 aromatic carbocycles. The lowest BCUT2D eigenvalue weighted by Gasteiger charge is -2.29. The molecule has 2 aliphatic heterocycles. The van der Waals surface area contributed by atoms with Crippen LogP contribution in [0.2, 0.25) is 0 Å². The Hall–Kier alpha value is -3.04. The van der Waals surface area contributed by atoms with Gasteiger partial charge in [0.25, 0.3) is 5.91 Å². The molecule has 9 nitrogen and oxygen atoms in total. The first-order valence-electron chi connectivity index (χ1n) is 10.6. The number of fused-ring (bicyclic) bond motifs is 1. The van der Waals surface area contributed by atoms with Crippen LogP contribution in [-0.4, -0.2) is 64.0 Å². The van der Waals surface area contributed by atoms with Gasteiger partial charge in [-0.25, -0.2) is 10.4 Å². The summed E-state index contributed by atoms with van der Waals surface area (Å²) < 4.78 is 5.48. The number of nitrogens with zero attached hydrogens (tertiary/aromatic N) is 5. The third kappa shape index (κ3) is 4.11. The molecular formula is C22H26N6O3. The van der Waals surface area contributed by atoms with Crippen molar-refractivity contribution in [3.8, 4) is 0 Å². The quantitative estimate of drug-likeness (QED) is 0.555. The Kier molecular flexibility index (Phi) is 5.07. The fraction of sp³-hybridized carbons (Fsp3) is 0.455. The molecule has 162 valence electrons. The molecule has 3 aliphatic rings. The number of aromatic nitrogens is 2. The van der Waals surface area contributed by atoms with E-state index in [1.807, 2.05) is 31.2 Å². The van der Waals surface area contributed by atoms with Crippen LogP contribution in [0.15, 0.2) is 29.4 Å². The first kappa shape index (κ1) is 19.9. The molecule has 1 saturated carbocycles. The Bertz CT molecular complexity index is 1030. The number of rotatable bonds is 5. The van der Waals surface area contributed by atoms with Crippen LogP contribution in [-0.2, 0) is 22.6 Å². The molecule has 0 unspecified atom stereocenters. The summed E-state index contributed by atoms with van der Waals surface area (Å²) >= 11 is 0. The molecular weight excluding hydrogens is 396 g/mol. The Morgan fingerprint density at radius 2 is 2.06 bits per heavy atom. The van der Waals surface area contributed by atoms with Gasteiger partial charge in [0.05, 0.1) is 38.2 Å². The number of aliphatic hydroxyl groups is 1. The summed E-state index contributed by atoms with van der Waals surface area (Å²) in [6.07, 6.45) is 2.79. The molecule has 9 heteroatoms. The van der Waals surface area contributed by atoms with Gasteiger partial charge in [-0.05, 0) is 25.3 Å². The molecule has 3 heterocycles. The second-order valence-electron chi connectivity index (χ2n) is 8.37. The Morgan fingerprint density at radius 3 is 2.81 bits per heavy atom. The molecule has 1 aliphatic carbocycles. The first-order valence-corrected chi connectivity index (χ1v) is 10.6. The minimum atomic E-state index is -1.19. The van der Waals surface area contributed by atoms with E-state index >= 15 is 0 Å². The Morgan fingerprint density at radius 1 is 1.26 bits per heavy atom. The zero-order chi connectivity index (χ0) is 21.4. The minimum Gasteiger partial charge on any atom is -0.380 e. The average molecular weight is 422 g/mol. The lowest BCUT2D eigenvalue weighted by atomic mass is 10.2. The van der Waals surface area contributed by atoms with Crippen LogP contribution >= 0.6 is 0 Å². The molecule has 2 N–H and O–H groups in total. The predicted octanol–water partition coefficient (Wildman–Crippen LogP) is 1.43. The third-order valence-electron chi connectivity index (χ3n) is 5.90. The standard InChI is InChI=1S/C22H26N6O3/c1-15-3-2-4-16(11-15)12-23-26-21-24-18-14-28(20(29)22(30)5-6-22)13-17(18)19(25-21)27-7-9-31-10-8-27/h2-4,11-12,30H,5-10,13-14H2,1H3,(H,24,25,26)/b23-12+. The summed E-state index contributed by atoms with van der Waals surface area (Å²) in [5.74, 6) is 0.980. The van der Waals surface area contributed by atoms with Crippen LogP contribution in [0.5, 0.6) is 0 Å². The van der Waals surface area contributed by atoms with Gasteiger partial charge in [0.15, 0.2) is 0 Å².